The van der Waals surface area contributed by atoms with Crippen LogP contribution in [0.1, 0.15) is 6.92 Å². The van der Waals surface area contributed by atoms with Crippen LogP contribution in [0.2, 0.25) is 5.02 Å². The number of nitrogens with zero attached hydrogens (tertiary/aromatic N) is 2. The third-order valence-corrected chi connectivity index (χ3v) is 8.85. The maximum Gasteiger partial charge on any atom is 0.289 e. The molecule has 0 fully saturated rings. The van der Waals surface area contributed by atoms with Gasteiger partial charge in [-0.15, -0.1) is 0 Å². The van der Waals surface area contributed by atoms with Gasteiger partial charge in [0.1, 0.15) is 17.1 Å². The number of hydrogen-bond acceptors (Lipinski definition) is 5. The molecule has 0 aliphatic carbocycles. The van der Waals surface area contributed by atoms with Gasteiger partial charge >= 0.3 is 0 Å². The Morgan fingerprint density at radius 2 is 2.12 bits per heavy atom. The fourth-order valence-corrected chi connectivity index (χ4v) is 6.92. The zero-order chi connectivity index (χ0) is 18.6. The van der Waals surface area contributed by atoms with Gasteiger partial charge in [0.15, 0.2) is 0 Å². The molecule has 25 heavy (non-hydrogen) atoms. The van der Waals surface area contributed by atoms with Crippen LogP contribution in [-0.2, 0) is 18.5 Å². The lowest BCUT2D eigenvalue weighted by Crippen LogP contribution is -2.32. The lowest BCUT2D eigenvalue weighted by atomic mass is 10.4. The highest BCUT2D eigenvalue weighted by atomic mass is 79.9. The van der Waals surface area contributed by atoms with E-state index < -0.39 is 18.6 Å². The van der Waals surface area contributed by atoms with Crippen molar-refractivity contribution in [3.05, 3.63) is 44.2 Å². The number of anilines is 1. The molecular weight excluding hydrogens is 475 g/mol. The van der Waals surface area contributed by atoms with Crippen LogP contribution >= 0.6 is 48.6 Å². The van der Waals surface area contributed by atoms with E-state index in [-0.39, 0.29) is 12.4 Å². The van der Waals surface area contributed by atoms with Crippen molar-refractivity contribution in [3.8, 4) is 0 Å². The number of halogens is 3. The van der Waals surface area contributed by atoms with E-state index in [1.54, 1.807) is 6.92 Å². The summed E-state index contributed by atoms with van der Waals surface area (Å²) in [4.78, 5) is 4.04. The first-order chi connectivity index (χ1) is 11.8. The average Bonchev–Trinajstić information content (AvgIpc) is 2.57. The van der Waals surface area contributed by atoms with Crippen LogP contribution in [0.5, 0.6) is 0 Å². The molecule has 0 radical (unpaired) electrons. The molecule has 0 saturated heterocycles. The van der Waals surface area contributed by atoms with E-state index in [2.05, 4.69) is 20.9 Å². The molecule has 0 spiro atoms. The largest absolute Gasteiger partial charge is 0.492 e. The zero-order valence-electron chi connectivity index (χ0n) is 13.3. The van der Waals surface area contributed by atoms with Crippen molar-refractivity contribution >= 4 is 68.8 Å². The third-order valence-electron chi connectivity index (χ3n) is 2.92. The second kappa shape index (κ2) is 8.88. The average molecular weight is 490 g/mol. The molecule has 0 aromatic carbocycles. The van der Waals surface area contributed by atoms with E-state index in [9.17, 15) is 8.42 Å². The van der Waals surface area contributed by atoms with Gasteiger partial charge in [0.2, 0.25) is 0 Å². The van der Waals surface area contributed by atoms with Gasteiger partial charge in [-0.25, -0.2) is 9.29 Å². The minimum absolute atomic E-state index is 0.199. The lowest BCUT2D eigenvalue weighted by molar-refractivity contribution is 0.210. The molecule has 0 amide bonds. The van der Waals surface area contributed by atoms with Gasteiger partial charge in [-0.1, -0.05) is 23.2 Å². The van der Waals surface area contributed by atoms with Crippen LogP contribution in [-0.4, -0.2) is 39.2 Å². The molecule has 2 heterocycles. The van der Waals surface area contributed by atoms with E-state index in [0.29, 0.717) is 27.0 Å². The van der Waals surface area contributed by atoms with E-state index >= 15 is 0 Å². The molecule has 1 aliphatic heterocycles. The molecule has 1 aromatic rings. The normalized spacial score (nSPS) is 17.4. The smallest absolute Gasteiger partial charge is 0.289 e. The van der Waals surface area contributed by atoms with Crippen molar-refractivity contribution in [1.82, 2.24) is 4.98 Å². The van der Waals surface area contributed by atoms with Gasteiger partial charge in [0, 0.05) is 18.7 Å². The fourth-order valence-electron chi connectivity index (χ4n) is 1.86. The highest BCUT2D eigenvalue weighted by Gasteiger charge is 2.29. The van der Waals surface area contributed by atoms with Crippen LogP contribution in [0.15, 0.2) is 39.1 Å². The second-order valence-electron chi connectivity index (χ2n) is 4.58. The Morgan fingerprint density at radius 1 is 1.40 bits per heavy atom. The number of aromatic nitrogens is 1. The number of pyridine rings is 1. The molecule has 1 aromatic heterocycles. The summed E-state index contributed by atoms with van der Waals surface area (Å²) in [6, 6.07) is 1.50. The summed E-state index contributed by atoms with van der Waals surface area (Å²) in [7, 11) is -3.76. The highest BCUT2D eigenvalue weighted by Crippen LogP contribution is 2.38. The topological polar surface area (TPSA) is 68.7 Å². The van der Waals surface area contributed by atoms with Crippen LogP contribution in [0.25, 0.3) is 0 Å². The van der Waals surface area contributed by atoms with Crippen molar-refractivity contribution in [1.29, 1.82) is 0 Å². The second-order valence-corrected chi connectivity index (χ2v) is 11.1. The highest BCUT2D eigenvalue weighted by molar-refractivity contribution is 9.10. The van der Waals surface area contributed by atoms with Crippen LogP contribution in [0, 0.1) is 0 Å². The standard InChI is InChI=1S/C14H15BrCl2N2O4S2/c1-3-23-13-8-24(5-4-11(13)17)25(20,21)19(9-22-2)12-6-10(16)7-18-14(12)15/h4-8H,3,9H2,1-2H3. The Balaban J connectivity index is 2.53. The van der Waals surface area contributed by atoms with Gasteiger partial charge < -0.3 is 9.47 Å². The van der Waals surface area contributed by atoms with Gasteiger partial charge in [-0.3, -0.25) is 0 Å². The number of hydrogen-bond donors (Lipinski definition) is 0. The SMILES string of the molecule is CCOC1=C(Cl)C=CS(S(=O)(=O)N(COC)c2cc(Cl)cnc2Br)=C1. The summed E-state index contributed by atoms with van der Waals surface area (Å²) in [6.45, 7) is 1.97. The number of rotatable bonds is 7. The molecule has 11 heteroatoms. The maximum atomic E-state index is 13.2. The summed E-state index contributed by atoms with van der Waals surface area (Å²) in [5.74, 6) is 0.333. The molecule has 0 saturated carbocycles. The van der Waals surface area contributed by atoms with Crippen LogP contribution in [0.3, 0.4) is 0 Å². The van der Waals surface area contributed by atoms with Crippen LogP contribution < -0.4 is 4.31 Å². The number of allylic oxidation sites excluding steroid dienone is 3. The van der Waals surface area contributed by atoms with E-state index in [4.69, 9.17) is 32.7 Å². The quantitative estimate of drug-likeness (QED) is 0.248. The first kappa shape index (κ1) is 20.7. The lowest BCUT2D eigenvalue weighted by Gasteiger charge is -2.26. The summed E-state index contributed by atoms with van der Waals surface area (Å²) in [6.07, 6.45) is 2.93. The van der Waals surface area contributed by atoms with E-state index in [0.717, 1.165) is 4.31 Å². The number of methoxy groups -OCH3 is 1. The van der Waals surface area contributed by atoms with Crippen LogP contribution in [0.4, 0.5) is 5.69 Å². The maximum absolute atomic E-state index is 13.2. The van der Waals surface area contributed by atoms with Crippen molar-refractivity contribution in [2.75, 3.05) is 24.8 Å². The molecular formula is C14H15BrCl2N2O4S2. The molecule has 1 atom stereocenters. The summed E-state index contributed by atoms with van der Waals surface area (Å²) >= 11 is 15.3. The minimum Gasteiger partial charge on any atom is -0.492 e. The molecule has 1 aliphatic rings. The predicted octanol–water partition coefficient (Wildman–Crippen LogP) is 4.24. The zero-order valence-corrected chi connectivity index (χ0v) is 18.0. The molecule has 6 nitrogen and oxygen atoms in total. The molecule has 2 rings (SSSR count). The Kier molecular flexibility index (Phi) is 7.36. The van der Waals surface area contributed by atoms with Crippen molar-refractivity contribution < 1.29 is 17.9 Å². The minimum atomic E-state index is -3.86. The van der Waals surface area contributed by atoms with E-state index in [1.807, 2.05) is 0 Å². The summed E-state index contributed by atoms with van der Waals surface area (Å²) in [5, 5.41) is 3.65. The third kappa shape index (κ3) is 4.78. The number of ether oxygens (including phenoxy) is 2. The van der Waals surface area contributed by atoms with Crippen molar-refractivity contribution in [2.24, 2.45) is 0 Å². The Labute approximate surface area is 166 Å². The van der Waals surface area contributed by atoms with Gasteiger partial charge in [0.05, 0.1) is 22.3 Å². The van der Waals surface area contributed by atoms with Crippen molar-refractivity contribution in [3.63, 3.8) is 0 Å². The Bertz CT molecular complexity index is 856. The molecule has 138 valence electrons. The van der Waals surface area contributed by atoms with Gasteiger partial charge in [-0.05, 0) is 49.9 Å². The Morgan fingerprint density at radius 3 is 2.76 bits per heavy atom. The van der Waals surface area contributed by atoms with E-state index in [1.165, 1.54) is 36.2 Å². The fraction of sp³-hybridized carbons (Fsp3) is 0.286. The van der Waals surface area contributed by atoms with Crippen molar-refractivity contribution in [2.45, 2.75) is 6.92 Å². The summed E-state index contributed by atoms with van der Waals surface area (Å²) < 4.78 is 38.2. The molecule has 0 bridgehead atoms. The molecule has 0 N–H and O–H groups in total. The monoisotopic (exact) mass is 488 g/mol. The first-order valence-corrected chi connectivity index (χ1v) is 11.8. The van der Waals surface area contributed by atoms with Gasteiger partial charge in [0.25, 0.3) is 9.06 Å². The summed E-state index contributed by atoms with van der Waals surface area (Å²) in [5.41, 5.74) is 0.280. The Hall–Kier alpha value is -0.580. The molecule has 1 unspecified atom stereocenters. The van der Waals surface area contributed by atoms with Gasteiger partial charge in [-0.2, -0.15) is 8.42 Å². The predicted molar refractivity (Wildman–Crippen MR) is 108 cm³/mol. The first-order valence-electron chi connectivity index (χ1n) is 6.92.